The van der Waals surface area contributed by atoms with Crippen molar-refractivity contribution < 1.29 is 24.2 Å². The predicted molar refractivity (Wildman–Crippen MR) is 94.9 cm³/mol. The molecule has 130 valence electrons. The number of ether oxygens (including phenoxy) is 2. The van der Waals surface area contributed by atoms with Crippen molar-refractivity contribution >= 4 is 34.0 Å². The van der Waals surface area contributed by atoms with E-state index < -0.39 is 18.5 Å². The third kappa shape index (κ3) is 6.64. The number of hydrogen-bond acceptors (Lipinski definition) is 5. The molecular weight excluding hydrogens is 392 g/mol. The maximum Gasteiger partial charge on any atom is 0.341 e. The summed E-state index contributed by atoms with van der Waals surface area (Å²) < 4.78 is 11.3. The van der Waals surface area contributed by atoms with Crippen LogP contribution in [-0.4, -0.2) is 36.4 Å². The Morgan fingerprint density at radius 3 is 2.68 bits per heavy atom. The summed E-state index contributed by atoms with van der Waals surface area (Å²) in [5.41, 5.74) is 2.87. The van der Waals surface area contributed by atoms with Crippen LogP contribution in [0.2, 0.25) is 0 Å². The molecule has 2 N–H and O–H groups in total. The van der Waals surface area contributed by atoms with Gasteiger partial charge in [-0.15, -0.1) is 0 Å². The number of carbonyl (C=O) groups is 2. The van der Waals surface area contributed by atoms with Gasteiger partial charge in [0.2, 0.25) is 0 Å². The van der Waals surface area contributed by atoms with Gasteiger partial charge in [0.05, 0.1) is 6.21 Å². The number of benzene rings is 2. The third-order valence-corrected chi connectivity index (χ3v) is 3.32. The Morgan fingerprint density at radius 1 is 1.12 bits per heavy atom. The highest BCUT2D eigenvalue weighted by Crippen LogP contribution is 2.17. The third-order valence-electron chi connectivity index (χ3n) is 2.83. The monoisotopic (exact) mass is 406 g/mol. The van der Waals surface area contributed by atoms with Crippen LogP contribution in [0.15, 0.2) is 58.1 Å². The lowest BCUT2D eigenvalue weighted by atomic mass is 10.2. The molecule has 0 aliphatic heterocycles. The van der Waals surface area contributed by atoms with Gasteiger partial charge in [-0.05, 0) is 30.3 Å². The molecule has 25 heavy (non-hydrogen) atoms. The van der Waals surface area contributed by atoms with Crippen molar-refractivity contribution in [1.82, 2.24) is 5.43 Å². The standard InChI is InChI=1S/C17H15BrN2O5/c18-13-5-3-6-14(8-13)24-10-16(21)20-19-9-12-4-1-2-7-15(12)25-11-17(22)23/h1-9H,10-11H2,(H,20,21)(H,22,23). The molecule has 0 aliphatic rings. The first-order valence-electron chi connectivity index (χ1n) is 7.18. The number of halogens is 1. The highest BCUT2D eigenvalue weighted by atomic mass is 79.9. The maximum atomic E-state index is 11.7. The van der Waals surface area contributed by atoms with E-state index in [1.54, 1.807) is 42.5 Å². The van der Waals surface area contributed by atoms with Gasteiger partial charge in [-0.25, -0.2) is 10.2 Å². The number of nitrogens with one attached hydrogen (secondary N) is 1. The lowest BCUT2D eigenvalue weighted by Gasteiger charge is -2.07. The van der Waals surface area contributed by atoms with Crippen LogP contribution in [-0.2, 0) is 9.59 Å². The molecule has 0 radical (unpaired) electrons. The first-order valence-corrected chi connectivity index (χ1v) is 7.98. The summed E-state index contributed by atoms with van der Waals surface area (Å²) >= 11 is 3.31. The minimum absolute atomic E-state index is 0.190. The Labute approximate surface area is 152 Å². The van der Waals surface area contributed by atoms with E-state index in [0.717, 1.165) is 4.47 Å². The molecule has 0 saturated carbocycles. The predicted octanol–water partition coefficient (Wildman–Crippen LogP) is 2.44. The Kier molecular flexibility index (Phi) is 6.97. The number of carbonyl (C=O) groups excluding carboxylic acids is 1. The number of rotatable bonds is 8. The topological polar surface area (TPSA) is 97.2 Å². The summed E-state index contributed by atoms with van der Waals surface area (Å²) in [4.78, 5) is 22.3. The van der Waals surface area contributed by atoms with Gasteiger partial charge in [0.25, 0.3) is 5.91 Å². The number of hydrazone groups is 1. The van der Waals surface area contributed by atoms with Crippen molar-refractivity contribution in [3.05, 3.63) is 58.6 Å². The zero-order valence-corrected chi connectivity index (χ0v) is 14.6. The van der Waals surface area contributed by atoms with Crippen LogP contribution in [0.3, 0.4) is 0 Å². The molecule has 0 saturated heterocycles. The van der Waals surface area contributed by atoms with Gasteiger partial charge in [-0.3, -0.25) is 4.79 Å². The molecule has 1 amide bonds. The van der Waals surface area contributed by atoms with E-state index in [-0.39, 0.29) is 6.61 Å². The van der Waals surface area contributed by atoms with Crippen molar-refractivity contribution in [3.8, 4) is 11.5 Å². The van der Waals surface area contributed by atoms with E-state index in [9.17, 15) is 9.59 Å². The van der Waals surface area contributed by atoms with Gasteiger partial charge >= 0.3 is 5.97 Å². The highest BCUT2D eigenvalue weighted by molar-refractivity contribution is 9.10. The van der Waals surface area contributed by atoms with E-state index in [4.69, 9.17) is 14.6 Å². The number of nitrogens with zero attached hydrogens (tertiary/aromatic N) is 1. The molecule has 0 spiro atoms. The van der Waals surface area contributed by atoms with Gasteiger partial charge in [-0.2, -0.15) is 5.10 Å². The van der Waals surface area contributed by atoms with Crippen molar-refractivity contribution in [2.24, 2.45) is 5.10 Å². The van der Waals surface area contributed by atoms with Crippen LogP contribution in [0, 0.1) is 0 Å². The molecule has 0 aliphatic carbocycles. The van der Waals surface area contributed by atoms with Crippen LogP contribution >= 0.6 is 15.9 Å². The number of carboxylic acid groups (broad SMARTS) is 1. The Bertz CT molecular complexity index is 779. The van der Waals surface area contributed by atoms with E-state index in [1.807, 2.05) is 6.07 Å². The molecule has 0 atom stereocenters. The van der Waals surface area contributed by atoms with Gasteiger partial charge in [0.1, 0.15) is 11.5 Å². The number of amides is 1. The van der Waals surface area contributed by atoms with E-state index in [0.29, 0.717) is 17.1 Å². The molecule has 0 heterocycles. The molecular formula is C17H15BrN2O5. The summed E-state index contributed by atoms with van der Waals surface area (Å²) in [7, 11) is 0. The Balaban J connectivity index is 1.86. The number of carboxylic acids is 1. The molecule has 2 aromatic rings. The fourth-order valence-corrected chi connectivity index (χ4v) is 2.15. The van der Waals surface area contributed by atoms with Crippen molar-refractivity contribution in [2.75, 3.05) is 13.2 Å². The average molecular weight is 407 g/mol. The van der Waals surface area contributed by atoms with Crippen molar-refractivity contribution in [1.29, 1.82) is 0 Å². The summed E-state index contributed by atoms with van der Waals surface area (Å²) in [6.45, 7) is -0.650. The summed E-state index contributed by atoms with van der Waals surface area (Å²) in [5.74, 6) is -0.598. The quantitative estimate of drug-likeness (QED) is 0.518. The molecule has 7 nitrogen and oxygen atoms in total. The fraction of sp³-hybridized carbons (Fsp3) is 0.118. The Hall–Kier alpha value is -2.87. The molecule has 2 aromatic carbocycles. The van der Waals surface area contributed by atoms with Crippen LogP contribution < -0.4 is 14.9 Å². The number of para-hydroxylation sites is 1. The first-order chi connectivity index (χ1) is 12.0. The zero-order valence-electron chi connectivity index (χ0n) is 13.0. The normalized spacial score (nSPS) is 10.4. The van der Waals surface area contributed by atoms with E-state index in [1.165, 1.54) is 6.21 Å². The van der Waals surface area contributed by atoms with E-state index >= 15 is 0 Å². The SMILES string of the molecule is O=C(O)COc1ccccc1C=NNC(=O)COc1cccc(Br)c1. The molecule has 0 unspecified atom stereocenters. The molecule has 2 rings (SSSR count). The van der Waals surface area contributed by atoms with Gasteiger partial charge < -0.3 is 14.6 Å². The number of aliphatic carboxylic acids is 1. The van der Waals surface area contributed by atoms with Crippen LogP contribution in [0.25, 0.3) is 0 Å². The average Bonchev–Trinajstić information content (AvgIpc) is 2.59. The van der Waals surface area contributed by atoms with Gasteiger partial charge in [0, 0.05) is 10.0 Å². The van der Waals surface area contributed by atoms with Crippen LogP contribution in [0.4, 0.5) is 0 Å². The molecule has 8 heteroatoms. The zero-order chi connectivity index (χ0) is 18.1. The van der Waals surface area contributed by atoms with Crippen molar-refractivity contribution in [2.45, 2.75) is 0 Å². The summed E-state index contributed by atoms with van der Waals surface area (Å²) in [6.07, 6.45) is 1.37. The van der Waals surface area contributed by atoms with E-state index in [2.05, 4.69) is 26.5 Å². The second-order valence-corrected chi connectivity index (χ2v) is 5.68. The maximum absolute atomic E-state index is 11.7. The first kappa shape index (κ1) is 18.5. The second kappa shape index (κ2) is 9.43. The molecule has 0 bridgehead atoms. The Morgan fingerprint density at radius 2 is 1.92 bits per heavy atom. The summed E-state index contributed by atoms with van der Waals surface area (Å²) in [5, 5.41) is 12.5. The molecule has 0 aromatic heterocycles. The van der Waals surface area contributed by atoms with Crippen LogP contribution in [0.1, 0.15) is 5.56 Å². The molecule has 0 fully saturated rings. The smallest absolute Gasteiger partial charge is 0.341 e. The largest absolute Gasteiger partial charge is 0.484 e. The summed E-state index contributed by atoms with van der Waals surface area (Å²) in [6, 6.07) is 13.9. The van der Waals surface area contributed by atoms with Gasteiger partial charge in [-0.1, -0.05) is 34.1 Å². The van der Waals surface area contributed by atoms with Gasteiger partial charge in [0.15, 0.2) is 13.2 Å². The minimum Gasteiger partial charge on any atom is -0.484 e. The van der Waals surface area contributed by atoms with Crippen LogP contribution in [0.5, 0.6) is 11.5 Å². The lowest BCUT2D eigenvalue weighted by molar-refractivity contribution is -0.139. The van der Waals surface area contributed by atoms with Crippen molar-refractivity contribution in [3.63, 3.8) is 0 Å². The number of hydrogen-bond donors (Lipinski definition) is 2. The highest BCUT2D eigenvalue weighted by Gasteiger charge is 2.05. The second-order valence-electron chi connectivity index (χ2n) is 4.76. The minimum atomic E-state index is -1.08. The fourth-order valence-electron chi connectivity index (χ4n) is 1.77. The lowest BCUT2D eigenvalue weighted by Crippen LogP contribution is -2.24.